The van der Waals surface area contributed by atoms with Crippen LogP contribution in [0.15, 0.2) is 23.6 Å². The van der Waals surface area contributed by atoms with Gasteiger partial charge in [-0.25, -0.2) is 4.98 Å². The summed E-state index contributed by atoms with van der Waals surface area (Å²) in [6.45, 7) is 7.12. The summed E-state index contributed by atoms with van der Waals surface area (Å²) in [4.78, 5) is 34.3. The molecule has 6 nitrogen and oxygen atoms in total. The third-order valence-corrected chi connectivity index (χ3v) is 6.72. The largest absolute Gasteiger partial charge is 0.333 e. The molecule has 1 aliphatic heterocycles. The first-order valence-electron chi connectivity index (χ1n) is 10.5. The minimum atomic E-state index is -0.276. The highest BCUT2D eigenvalue weighted by Gasteiger charge is 2.29. The molecule has 0 unspecified atom stereocenters. The van der Waals surface area contributed by atoms with Gasteiger partial charge >= 0.3 is 0 Å². The second-order valence-electron chi connectivity index (χ2n) is 7.84. The average Bonchev–Trinajstić information content (AvgIpc) is 3.15. The Morgan fingerprint density at radius 2 is 2.03 bits per heavy atom. The van der Waals surface area contributed by atoms with Gasteiger partial charge in [-0.2, -0.15) is 0 Å². The van der Waals surface area contributed by atoms with Gasteiger partial charge in [0.25, 0.3) is 0 Å². The van der Waals surface area contributed by atoms with E-state index in [1.165, 1.54) is 0 Å². The number of aromatic nitrogens is 1. The standard InChI is InChI=1S/C22H28Cl2N4O2S/c1-3-8-28(13-21(29)26-20-11-17(23)4-5-19(20)24)22(30)16-6-9-27(10-7-16)12-18-14-31-15(2)25-18/h4-5,11,14,16H,3,6-10,12-13H2,1-2H3,(H,26,29). The van der Waals surface area contributed by atoms with Crippen molar-refractivity contribution in [3.05, 3.63) is 44.3 Å². The van der Waals surface area contributed by atoms with Crippen molar-refractivity contribution >= 4 is 52.0 Å². The number of nitrogens with zero attached hydrogens (tertiary/aromatic N) is 3. The maximum absolute atomic E-state index is 13.1. The molecule has 1 fully saturated rings. The lowest BCUT2D eigenvalue weighted by Crippen LogP contribution is -2.45. The van der Waals surface area contributed by atoms with Crippen molar-refractivity contribution in [1.29, 1.82) is 0 Å². The lowest BCUT2D eigenvalue weighted by atomic mass is 9.95. The van der Waals surface area contributed by atoms with E-state index >= 15 is 0 Å². The Morgan fingerprint density at radius 1 is 1.29 bits per heavy atom. The molecule has 2 amide bonds. The second kappa shape index (κ2) is 11.3. The Labute approximate surface area is 197 Å². The van der Waals surface area contributed by atoms with E-state index in [1.807, 2.05) is 13.8 Å². The number of hydrogen-bond donors (Lipinski definition) is 1. The lowest BCUT2D eigenvalue weighted by Gasteiger charge is -2.33. The van der Waals surface area contributed by atoms with E-state index < -0.39 is 0 Å². The number of piperidine rings is 1. The van der Waals surface area contributed by atoms with Crippen LogP contribution in [0.25, 0.3) is 0 Å². The molecule has 1 aromatic heterocycles. The fourth-order valence-corrected chi connectivity index (χ4v) is 4.74. The molecule has 0 radical (unpaired) electrons. The van der Waals surface area contributed by atoms with Gasteiger partial charge in [0.2, 0.25) is 11.8 Å². The van der Waals surface area contributed by atoms with Crippen LogP contribution in [0.5, 0.6) is 0 Å². The minimum Gasteiger partial charge on any atom is -0.333 e. The van der Waals surface area contributed by atoms with Crippen molar-refractivity contribution in [2.24, 2.45) is 5.92 Å². The highest BCUT2D eigenvalue weighted by atomic mass is 35.5. The van der Waals surface area contributed by atoms with Gasteiger partial charge in [0.15, 0.2) is 0 Å². The summed E-state index contributed by atoms with van der Waals surface area (Å²) in [5.74, 6) is -0.275. The Hall–Kier alpha value is -1.67. The molecule has 0 aliphatic carbocycles. The first-order chi connectivity index (χ1) is 14.9. The number of carbonyl (C=O) groups excluding carboxylic acids is 2. The zero-order valence-corrected chi connectivity index (χ0v) is 20.2. The van der Waals surface area contributed by atoms with Gasteiger partial charge in [-0.1, -0.05) is 30.1 Å². The number of likely N-dealkylation sites (tertiary alicyclic amines) is 1. The molecule has 3 rings (SSSR count). The number of aryl methyl sites for hydroxylation is 1. The van der Waals surface area contributed by atoms with Gasteiger partial charge in [-0.3, -0.25) is 14.5 Å². The summed E-state index contributed by atoms with van der Waals surface area (Å²) in [7, 11) is 0. The fourth-order valence-electron chi connectivity index (χ4n) is 3.80. The number of hydrogen-bond acceptors (Lipinski definition) is 5. The van der Waals surface area contributed by atoms with Crippen LogP contribution in [0.3, 0.4) is 0 Å². The summed E-state index contributed by atoms with van der Waals surface area (Å²) in [6.07, 6.45) is 2.38. The number of rotatable bonds is 8. The molecule has 9 heteroatoms. The van der Waals surface area contributed by atoms with E-state index in [-0.39, 0.29) is 24.3 Å². The van der Waals surface area contributed by atoms with Gasteiger partial charge in [0, 0.05) is 29.4 Å². The maximum atomic E-state index is 13.1. The van der Waals surface area contributed by atoms with Crippen LogP contribution in [0.1, 0.15) is 36.9 Å². The van der Waals surface area contributed by atoms with Crippen molar-refractivity contribution < 1.29 is 9.59 Å². The molecule has 0 spiro atoms. The van der Waals surface area contributed by atoms with Crippen molar-refractivity contribution in [3.8, 4) is 0 Å². The lowest BCUT2D eigenvalue weighted by molar-refractivity contribution is -0.139. The Kier molecular flexibility index (Phi) is 8.72. The molecular formula is C22H28Cl2N4O2S. The van der Waals surface area contributed by atoms with E-state index in [9.17, 15) is 9.59 Å². The third-order valence-electron chi connectivity index (χ3n) is 5.33. The predicted octanol–water partition coefficient (Wildman–Crippen LogP) is 4.85. The van der Waals surface area contributed by atoms with Gasteiger partial charge in [-0.15, -0.1) is 11.3 Å². The minimum absolute atomic E-state index is 0.00777. The van der Waals surface area contributed by atoms with Crippen molar-refractivity contribution in [1.82, 2.24) is 14.8 Å². The topological polar surface area (TPSA) is 65.5 Å². The van der Waals surface area contributed by atoms with Gasteiger partial charge in [0.05, 0.1) is 28.0 Å². The van der Waals surface area contributed by atoms with E-state index in [1.54, 1.807) is 34.4 Å². The van der Waals surface area contributed by atoms with Gasteiger partial charge < -0.3 is 10.2 Å². The summed E-state index contributed by atoms with van der Waals surface area (Å²) in [5.41, 5.74) is 1.55. The summed E-state index contributed by atoms with van der Waals surface area (Å²) < 4.78 is 0. The summed E-state index contributed by atoms with van der Waals surface area (Å²) in [6, 6.07) is 4.90. The number of nitrogens with one attached hydrogen (secondary N) is 1. The van der Waals surface area contributed by atoms with E-state index in [2.05, 4.69) is 20.6 Å². The molecule has 2 aromatic rings. The predicted molar refractivity (Wildman–Crippen MR) is 127 cm³/mol. The molecular weight excluding hydrogens is 455 g/mol. The zero-order valence-electron chi connectivity index (χ0n) is 17.9. The number of carbonyl (C=O) groups is 2. The van der Waals surface area contributed by atoms with Crippen LogP contribution in [-0.2, 0) is 16.1 Å². The molecule has 168 valence electrons. The van der Waals surface area contributed by atoms with Crippen LogP contribution in [-0.4, -0.2) is 52.8 Å². The molecule has 1 saturated heterocycles. The molecule has 31 heavy (non-hydrogen) atoms. The molecule has 1 N–H and O–H groups in total. The first-order valence-corrected chi connectivity index (χ1v) is 12.2. The van der Waals surface area contributed by atoms with Gasteiger partial charge in [0.1, 0.15) is 0 Å². The van der Waals surface area contributed by atoms with Crippen molar-refractivity contribution in [3.63, 3.8) is 0 Å². The Bertz CT molecular complexity index is 913. The molecule has 0 bridgehead atoms. The average molecular weight is 483 g/mol. The third kappa shape index (κ3) is 6.91. The van der Waals surface area contributed by atoms with Crippen LogP contribution < -0.4 is 5.32 Å². The molecule has 0 atom stereocenters. The quantitative estimate of drug-likeness (QED) is 0.583. The molecule has 1 aromatic carbocycles. The van der Waals surface area contributed by atoms with Crippen molar-refractivity contribution in [2.45, 2.75) is 39.7 Å². The Morgan fingerprint density at radius 3 is 2.68 bits per heavy atom. The number of amides is 2. The normalized spacial score (nSPS) is 15.1. The summed E-state index contributed by atoms with van der Waals surface area (Å²) in [5, 5.41) is 6.84. The fraction of sp³-hybridized carbons (Fsp3) is 0.500. The van der Waals surface area contributed by atoms with Crippen molar-refractivity contribution in [2.75, 3.05) is 31.5 Å². The molecule has 1 aliphatic rings. The number of anilines is 1. The van der Waals surface area contributed by atoms with E-state index in [0.29, 0.717) is 22.3 Å². The number of thiazole rings is 1. The zero-order chi connectivity index (χ0) is 22.4. The second-order valence-corrected chi connectivity index (χ2v) is 9.75. The Balaban J connectivity index is 1.53. The highest BCUT2D eigenvalue weighted by molar-refractivity contribution is 7.09. The SMILES string of the molecule is CCCN(CC(=O)Nc1cc(Cl)ccc1Cl)C(=O)C1CCN(Cc2csc(C)n2)CC1. The highest BCUT2D eigenvalue weighted by Crippen LogP contribution is 2.26. The summed E-state index contributed by atoms with van der Waals surface area (Å²) >= 11 is 13.8. The number of halogens is 2. The maximum Gasteiger partial charge on any atom is 0.244 e. The number of benzene rings is 1. The molecule has 2 heterocycles. The van der Waals surface area contributed by atoms with Crippen LogP contribution >= 0.6 is 34.5 Å². The monoisotopic (exact) mass is 482 g/mol. The van der Waals surface area contributed by atoms with Crippen LogP contribution in [0.4, 0.5) is 5.69 Å². The smallest absolute Gasteiger partial charge is 0.244 e. The first kappa shape index (κ1) is 24.0. The van der Waals surface area contributed by atoms with Crippen LogP contribution in [0.2, 0.25) is 10.0 Å². The van der Waals surface area contributed by atoms with Gasteiger partial charge in [-0.05, 0) is 57.5 Å². The van der Waals surface area contributed by atoms with Crippen LogP contribution in [0, 0.1) is 12.8 Å². The van der Waals surface area contributed by atoms with E-state index in [0.717, 1.165) is 49.6 Å². The molecule has 0 saturated carbocycles. The van der Waals surface area contributed by atoms with E-state index in [4.69, 9.17) is 23.2 Å².